The molecule has 1 rings (SSSR count). The number of methoxy groups -OCH3 is 1. The molecule has 5 nitrogen and oxygen atoms in total. The Kier molecular flexibility index (Phi) is 4.72. The summed E-state index contributed by atoms with van der Waals surface area (Å²) in [6.07, 6.45) is 1.34. The molecule has 1 unspecified atom stereocenters. The Balaban J connectivity index is 2.99. The molecule has 0 radical (unpaired) electrons. The average Bonchev–Trinajstić information content (AvgIpc) is 2.28. The number of carbonyl (C=O) groups is 1. The van der Waals surface area contributed by atoms with Crippen molar-refractivity contribution >= 4 is 23.4 Å². The minimum atomic E-state index is -1.06. The second-order valence-electron chi connectivity index (χ2n) is 3.74. The lowest BCUT2D eigenvalue weighted by Gasteiger charge is -2.25. The molecule has 1 atom stereocenters. The molecule has 0 saturated heterocycles. The van der Waals surface area contributed by atoms with E-state index in [1.807, 2.05) is 18.9 Å². The molecule has 1 N–H and O–H groups in total. The first-order valence-corrected chi connectivity index (χ1v) is 5.45. The highest BCUT2D eigenvalue weighted by Crippen LogP contribution is 2.21. The highest BCUT2D eigenvalue weighted by Gasteiger charge is 2.15. The zero-order valence-electron chi connectivity index (χ0n) is 9.98. The molecule has 0 spiro atoms. The molecule has 1 aromatic rings. The maximum Gasteiger partial charge on any atom is 0.337 e. The van der Waals surface area contributed by atoms with Gasteiger partial charge >= 0.3 is 5.97 Å². The lowest BCUT2D eigenvalue weighted by Crippen LogP contribution is -2.33. The number of carboxylic acids is 1. The fraction of sp³-hybridized carbons (Fsp3) is 0.455. The van der Waals surface area contributed by atoms with Gasteiger partial charge in [-0.15, -0.1) is 0 Å². The van der Waals surface area contributed by atoms with Crippen molar-refractivity contribution in [3.8, 4) is 0 Å². The highest BCUT2D eigenvalue weighted by molar-refractivity contribution is 6.33. The topological polar surface area (TPSA) is 62.7 Å². The van der Waals surface area contributed by atoms with Gasteiger partial charge in [0.25, 0.3) is 0 Å². The quantitative estimate of drug-likeness (QED) is 0.874. The summed E-state index contributed by atoms with van der Waals surface area (Å²) in [6, 6.07) is 1.55. The van der Waals surface area contributed by atoms with E-state index in [1.54, 1.807) is 7.11 Å². The normalized spacial score (nSPS) is 12.2. The predicted molar refractivity (Wildman–Crippen MR) is 65.9 cm³/mol. The van der Waals surface area contributed by atoms with Crippen molar-refractivity contribution < 1.29 is 14.6 Å². The van der Waals surface area contributed by atoms with Crippen LogP contribution in [0.15, 0.2) is 12.3 Å². The number of hydrogen-bond acceptors (Lipinski definition) is 4. The zero-order valence-corrected chi connectivity index (χ0v) is 10.7. The maximum absolute atomic E-state index is 10.9. The minimum Gasteiger partial charge on any atom is -0.478 e. The number of ether oxygens (including phenoxy) is 1. The Hall–Kier alpha value is -1.33. The summed E-state index contributed by atoms with van der Waals surface area (Å²) in [5.41, 5.74) is 0.0492. The molecule has 6 heteroatoms. The van der Waals surface area contributed by atoms with Crippen LogP contribution >= 0.6 is 11.6 Å². The summed E-state index contributed by atoms with van der Waals surface area (Å²) in [5, 5.41) is 9.09. The average molecular weight is 259 g/mol. The van der Waals surface area contributed by atoms with Crippen molar-refractivity contribution in [1.29, 1.82) is 0 Å². The molecule has 0 aromatic carbocycles. The van der Waals surface area contributed by atoms with Crippen LogP contribution < -0.4 is 4.90 Å². The smallest absolute Gasteiger partial charge is 0.337 e. The van der Waals surface area contributed by atoms with Gasteiger partial charge in [0, 0.05) is 20.4 Å². The van der Waals surface area contributed by atoms with Gasteiger partial charge in [0.2, 0.25) is 0 Å². The molecule has 1 aromatic heterocycles. The van der Waals surface area contributed by atoms with Gasteiger partial charge in [-0.1, -0.05) is 11.6 Å². The highest BCUT2D eigenvalue weighted by atomic mass is 35.5. The monoisotopic (exact) mass is 258 g/mol. The molecule has 0 saturated carbocycles. The Morgan fingerprint density at radius 1 is 1.71 bits per heavy atom. The lowest BCUT2D eigenvalue weighted by molar-refractivity contribution is 0.0697. The van der Waals surface area contributed by atoms with Crippen molar-refractivity contribution in [2.75, 3.05) is 25.7 Å². The fourth-order valence-corrected chi connectivity index (χ4v) is 1.55. The van der Waals surface area contributed by atoms with Crippen molar-refractivity contribution in [3.05, 3.63) is 22.8 Å². The molecule has 0 aliphatic carbocycles. The SMILES string of the molecule is COCC(C)N(C)c1cc(C(=O)O)c(Cl)cn1. The molecular formula is C11H15ClN2O3. The number of hydrogen-bond donors (Lipinski definition) is 1. The maximum atomic E-state index is 10.9. The third kappa shape index (κ3) is 3.31. The number of halogens is 1. The van der Waals surface area contributed by atoms with E-state index in [0.717, 1.165) is 0 Å². The Morgan fingerprint density at radius 2 is 2.35 bits per heavy atom. The lowest BCUT2D eigenvalue weighted by atomic mass is 10.2. The standard InChI is InChI=1S/C11H15ClN2O3/c1-7(6-17-3)14(2)10-4-8(11(15)16)9(12)5-13-10/h4-5,7H,6H2,1-3H3,(H,15,16). The van der Waals surface area contributed by atoms with Crippen LogP contribution in [0.4, 0.5) is 5.82 Å². The first kappa shape index (κ1) is 13.7. The van der Waals surface area contributed by atoms with Crippen LogP contribution in [0.3, 0.4) is 0 Å². The van der Waals surface area contributed by atoms with E-state index in [1.165, 1.54) is 12.3 Å². The number of likely N-dealkylation sites (N-methyl/N-ethyl adjacent to an activating group) is 1. The van der Waals surface area contributed by atoms with Crippen LogP contribution in [0.5, 0.6) is 0 Å². The van der Waals surface area contributed by atoms with Crippen LogP contribution in [0, 0.1) is 0 Å². The second-order valence-corrected chi connectivity index (χ2v) is 4.15. The summed E-state index contributed by atoms with van der Waals surface area (Å²) < 4.78 is 5.04. The van der Waals surface area contributed by atoms with E-state index in [2.05, 4.69) is 4.98 Å². The van der Waals surface area contributed by atoms with Gasteiger partial charge in [0.1, 0.15) is 5.82 Å². The largest absolute Gasteiger partial charge is 0.478 e. The summed E-state index contributed by atoms with van der Waals surface area (Å²) in [7, 11) is 3.44. The van der Waals surface area contributed by atoms with E-state index >= 15 is 0 Å². The molecule has 0 aliphatic heterocycles. The third-order valence-corrected chi connectivity index (χ3v) is 2.80. The first-order chi connectivity index (χ1) is 7.97. The van der Waals surface area contributed by atoms with Crippen LogP contribution in [-0.4, -0.2) is 42.9 Å². The van der Waals surface area contributed by atoms with E-state index in [9.17, 15) is 4.79 Å². The summed E-state index contributed by atoms with van der Waals surface area (Å²) >= 11 is 5.75. The Labute approximate surface area is 105 Å². The van der Waals surface area contributed by atoms with Crippen molar-refractivity contribution in [2.45, 2.75) is 13.0 Å². The number of rotatable bonds is 5. The molecule has 1 heterocycles. The number of aromatic nitrogens is 1. The molecule has 0 aliphatic rings. The van der Waals surface area contributed by atoms with Gasteiger partial charge in [-0.05, 0) is 13.0 Å². The predicted octanol–water partition coefficient (Wildman–Crippen LogP) is 1.90. The van der Waals surface area contributed by atoms with E-state index in [4.69, 9.17) is 21.4 Å². The summed E-state index contributed by atoms with van der Waals surface area (Å²) in [6.45, 7) is 2.49. The van der Waals surface area contributed by atoms with Crippen LogP contribution in [0.25, 0.3) is 0 Å². The molecule has 94 valence electrons. The molecule has 0 fully saturated rings. The number of carboxylic acid groups (broad SMARTS) is 1. The van der Waals surface area contributed by atoms with E-state index in [-0.39, 0.29) is 16.6 Å². The zero-order chi connectivity index (χ0) is 13.0. The summed E-state index contributed by atoms with van der Waals surface area (Å²) in [5.74, 6) is -0.511. The van der Waals surface area contributed by atoms with Crippen molar-refractivity contribution in [3.63, 3.8) is 0 Å². The van der Waals surface area contributed by atoms with Crippen LogP contribution in [-0.2, 0) is 4.74 Å². The molecule has 0 bridgehead atoms. The Bertz CT molecular complexity index is 412. The number of pyridine rings is 1. The van der Waals surface area contributed by atoms with Gasteiger partial charge in [-0.2, -0.15) is 0 Å². The third-order valence-electron chi connectivity index (χ3n) is 2.50. The van der Waals surface area contributed by atoms with Gasteiger partial charge in [0.15, 0.2) is 0 Å². The van der Waals surface area contributed by atoms with E-state index < -0.39 is 5.97 Å². The minimum absolute atomic E-state index is 0.0492. The number of nitrogens with zero attached hydrogens (tertiary/aromatic N) is 2. The number of aromatic carboxylic acids is 1. The van der Waals surface area contributed by atoms with Gasteiger partial charge in [-0.25, -0.2) is 9.78 Å². The first-order valence-electron chi connectivity index (χ1n) is 5.08. The number of anilines is 1. The second kappa shape index (κ2) is 5.84. The van der Waals surface area contributed by atoms with Crippen molar-refractivity contribution in [1.82, 2.24) is 4.98 Å². The van der Waals surface area contributed by atoms with Crippen LogP contribution in [0.2, 0.25) is 5.02 Å². The molecule has 17 heavy (non-hydrogen) atoms. The summed E-state index contributed by atoms with van der Waals surface area (Å²) in [4.78, 5) is 16.9. The van der Waals surface area contributed by atoms with Crippen molar-refractivity contribution in [2.24, 2.45) is 0 Å². The van der Waals surface area contributed by atoms with E-state index in [0.29, 0.717) is 12.4 Å². The van der Waals surface area contributed by atoms with Gasteiger partial charge < -0.3 is 14.7 Å². The Morgan fingerprint density at radius 3 is 2.88 bits per heavy atom. The molecular weight excluding hydrogens is 244 g/mol. The molecule has 0 amide bonds. The van der Waals surface area contributed by atoms with Crippen LogP contribution in [0.1, 0.15) is 17.3 Å². The van der Waals surface area contributed by atoms with Gasteiger partial charge in [-0.3, -0.25) is 0 Å². The van der Waals surface area contributed by atoms with Gasteiger partial charge in [0.05, 0.1) is 23.2 Å². The fourth-order valence-electron chi connectivity index (χ4n) is 1.36.